The van der Waals surface area contributed by atoms with E-state index in [2.05, 4.69) is 110 Å². The predicted octanol–water partition coefficient (Wildman–Crippen LogP) is 20.5. The summed E-state index contributed by atoms with van der Waals surface area (Å²) in [4.78, 5) is 4.90. The molecular weight excluding hydrogens is 1400 g/mol. The second-order valence-corrected chi connectivity index (χ2v) is 33.9. The van der Waals surface area contributed by atoms with Crippen LogP contribution in [0.25, 0.3) is 83.4 Å². The van der Waals surface area contributed by atoms with Gasteiger partial charge in [0.2, 0.25) is 0 Å². The molecule has 0 saturated heterocycles. The van der Waals surface area contributed by atoms with Crippen molar-refractivity contribution < 1.29 is 57.8 Å². The summed E-state index contributed by atoms with van der Waals surface area (Å²) in [5, 5.41) is -1.06. The summed E-state index contributed by atoms with van der Waals surface area (Å²) >= 11 is 0. The van der Waals surface area contributed by atoms with Crippen LogP contribution in [0.3, 0.4) is 0 Å². The third kappa shape index (κ3) is 13.0. The summed E-state index contributed by atoms with van der Waals surface area (Å²) in [5.74, 6) is 1.17. The smallest absolute Gasteiger partial charge is 0.268 e. The van der Waals surface area contributed by atoms with Gasteiger partial charge in [0.1, 0.15) is 5.82 Å². The summed E-state index contributed by atoms with van der Waals surface area (Å²) in [6, 6.07) is 30.1. The molecule has 0 aliphatic rings. The standard InChI is InChI=1S/C92H88N4OSi.Pt/c1-88(2,3)67-47-48-93-86(58-67)96-81-42-29-28-41-78(81)79-45-44-74(60-83(79)96)97-73-34-30-33-72(59-73)94-61-95(82-46-43-63(54-84(82)94)64-49-68(89(4,5)6)56-69(50-64)90(7,8)9)87-80(66-51-70(91(10,11)12)57-71(52-66)92(13,14)15)53-65(62-31-20-16-21-32-62)55-85(87)98(75-35-22-17-23-36-75,76-37-24-18-25-38-76)77-39-26-19-27-40-77;/h16-58H,1-15H3;/q-2;/i16D,17D,18D,19D,20D,21D,22D,23D,24D,25D,26D,27D,31D,32D,35D,36D,37D,38D,39D,40D;. The van der Waals surface area contributed by atoms with Gasteiger partial charge in [0.15, 0.2) is 8.07 Å². The van der Waals surface area contributed by atoms with Crippen molar-refractivity contribution in [3.63, 3.8) is 0 Å². The number of hydrogen-bond acceptors (Lipinski definition) is 2. The van der Waals surface area contributed by atoms with Gasteiger partial charge in [-0.1, -0.05) is 303 Å². The van der Waals surface area contributed by atoms with E-state index >= 15 is 0 Å². The largest absolute Gasteiger partial charge is 0.510 e. The summed E-state index contributed by atoms with van der Waals surface area (Å²) in [6.07, 6.45) is 5.50. The van der Waals surface area contributed by atoms with Crippen molar-refractivity contribution >= 4 is 61.7 Å². The fraction of sp³-hybridized carbons (Fsp3) is 0.217. The Kier molecular flexibility index (Phi) is 12.5. The third-order valence-electron chi connectivity index (χ3n) is 18.4. The Bertz CT molecular complexity index is 6250. The minimum atomic E-state index is -6.38. The monoisotopic (exact) mass is 1510 g/mol. The second kappa shape index (κ2) is 26.0. The maximum atomic E-state index is 10.5. The van der Waals surface area contributed by atoms with Gasteiger partial charge in [0.25, 0.3) is 6.33 Å². The van der Waals surface area contributed by atoms with Crippen LogP contribution in [0.4, 0.5) is 0 Å². The van der Waals surface area contributed by atoms with Gasteiger partial charge < -0.3 is 13.9 Å². The van der Waals surface area contributed by atoms with E-state index in [1.807, 2.05) is 120 Å². The number of para-hydroxylation sites is 1. The first kappa shape index (κ1) is 47.5. The zero-order valence-corrected chi connectivity index (χ0v) is 61.6. The molecule has 5 nitrogen and oxygen atoms in total. The normalized spacial score (nSPS) is 15.3. The van der Waals surface area contributed by atoms with Crippen LogP contribution >= 0.6 is 0 Å². The minimum absolute atomic E-state index is 0. The molecule has 0 saturated carbocycles. The van der Waals surface area contributed by atoms with Gasteiger partial charge in [-0.25, -0.2) is 4.98 Å². The number of benzene rings is 11. The number of rotatable bonds is 12. The minimum Gasteiger partial charge on any atom is -0.510 e. The quantitative estimate of drug-likeness (QED) is 0.0529. The van der Waals surface area contributed by atoms with E-state index in [0.717, 1.165) is 49.7 Å². The maximum absolute atomic E-state index is 10.5. The molecule has 99 heavy (non-hydrogen) atoms. The van der Waals surface area contributed by atoms with Gasteiger partial charge >= 0.3 is 0 Å². The fourth-order valence-electron chi connectivity index (χ4n) is 12.9. The number of hydrogen-bond donors (Lipinski definition) is 0. The van der Waals surface area contributed by atoms with Gasteiger partial charge in [-0.3, -0.25) is 4.57 Å². The molecular formula is C92H88N4OPtSi-2. The van der Waals surface area contributed by atoms with Gasteiger partial charge in [-0.2, -0.15) is 18.2 Å². The SMILES string of the molecule is [2H]c1c([2H])c([2H])c(-c2cc(-c3cc(C(C)(C)C)cc(C(C)(C)C)c3)c(-[n+]3[c-]n(-c4[c-]c(Oc5[c-]c6c(cc5)c5ccccc5n6-c5cc(C(C)(C)C)ccn5)ccc4)c4cc(-c5cc(C(C)(C)C)cc(C(C)(C)C)c5)ccc43)c([Si](c3c([2H])c([2H])c([2H])c([2H])c3[2H])(c3c([2H])c([2H])c([2H])c([2H])c3[2H])c3c([2H])c([2H])c([2H])c([2H])c3[2H])c2)c([2H])c1[2H].[Pt]. The van der Waals surface area contributed by atoms with E-state index in [4.69, 9.17) is 11.1 Å². The van der Waals surface area contributed by atoms with Crippen LogP contribution in [0.1, 0.15) is 159 Å². The van der Waals surface area contributed by atoms with Gasteiger partial charge in [-0.05, 0) is 150 Å². The van der Waals surface area contributed by atoms with E-state index in [-0.39, 0.29) is 71.1 Å². The molecule has 7 heteroatoms. The summed E-state index contributed by atoms with van der Waals surface area (Å²) < 4.78 is 208. The van der Waals surface area contributed by atoms with E-state index in [9.17, 15) is 26.0 Å². The molecule has 3 heterocycles. The molecule has 0 aliphatic heterocycles. The Balaban J connectivity index is 0.0000123. The van der Waals surface area contributed by atoms with E-state index in [0.29, 0.717) is 33.7 Å². The Morgan fingerprint density at radius 2 is 0.939 bits per heavy atom. The molecule has 0 radical (unpaired) electrons. The van der Waals surface area contributed by atoms with Gasteiger partial charge in [-0.15, -0.1) is 29.7 Å². The van der Waals surface area contributed by atoms with Crippen LogP contribution in [0.15, 0.2) is 261 Å². The van der Waals surface area contributed by atoms with Crippen molar-refractivity contribution in [2.45, 2.75) is 131 Å². The molecule has 0 amide bonds. The van der Waals surface area contributed by atoms with Crippen molar-refractivity contribution in [1.29, 1.82) is 0 Å². The Morgan fingerprint density at radius 1 is 0.424 bits per heavy atom. The molecule has 14 rings (SSSR count). The van der Waals surface area contributed by atoms with E-state index in [1.54, 1.807) is 39.6 Å². The second-order valence-electron chi connectivity index (χ2n) is 30.3. The molecule has 0 bridgehead atoms. The average Bonchev–Trinajstić information content (AvgIpc) is 1.22. The van der Waals surface area contributed by atoms with Crippen LogP contribution < -0.4 is 30.1 Å². The molecule has 0 aliphatic carbocycles. The molecule has 0 spiro atoms. The van der Waals surface area contributed by atoms with Crippen LogP contribution in [-0.2, 0) is 48.1 Å². The van der Waals surface area contributed by atoms with Gasteiger partial charge in [0, 0.05) is 44.3 Å². The van der Waals surface area contributed by atoms with Crippen molar-refractivity contribution in [2.75, 3.05) is 0 Å². The first-order valence-electron chi connectivity index (χ1n) is 42.9. The number of imidazole rings is 1. The number of nitrogens with zero attached hydrogens (tertiary/aromatic N) is 4. The van der Waals surface area contributed by atoms with Crippen molar-refractivity contribution in [3.8, 4) is 62.1 Å². The van der Waals surface area contributed by atoms with Crippen LogP contribution in [-0.4, -0.2) is 22.2 Å². The molecule has 0 fully saturated rings. The first-order chi connectivity index (χ1) is 55.0. The third-order valence-corrected chi connectivity index (χ3v) is 22.6. The molecule has 498 valence electrons. The predicted molar refractivity (Wildman–Crippen MR) is 413 cm³/mol. The van der Waals surface area contributed by atoms with Crippen LogP contribution in [0, 0.1) is 18.5 Å². The molecule has 0 N–H and O–H groups in total. The van der Waals surface area contributed by atoms with Crippen molar-refractivity contribution in [2.24, 2.45) is 0 Å². The van der Waals surface area contributed by atoms with E-state index < -0.39 is 166 Å². The number of ether oxygens (including phenoxy) is 1. The fourth-order valence-corrected chi connectivity index (χ4v) is 16.9. The molecule has 0 atom stereocenters. The molecule has 11 aromatic carbocycles. The zero-order chi connectivity index (χ0) is 86.1. The first-order valence-corrected chi connectivity index (χ1v) is 34.9. The van der Waals surface area contributed by atoms with Crippen LogP contribution in [0.5, 0.6) is 11.5 Å². The van der Waals surface area contributed by atoms with Crippen LogP contribution in [0.2, 0.25) is 0 Å². The number of aromatic nitrogens is 4. The Hall–Kier alpha value is -9.45. The van der Waals surface area contributed by atoms with Gasteiger partial charge in [0.05, 0.1) is 44.1 Å². The molecule has 0 unspecified atom stereocenters. The Morgan fingerprint density at radius 3 is 1.49 bits per heavy atom. The number of fused-ring (bicyclic) bond motifs is 4. The maximum Gasteiger partial charge on any atom is 0.268 e. The summed E-state index contributed by atoms with van der Waals surface area (Å²) in [5.41, 5.74) is 5.86. The zero-order valence-electron chi connectivity index (χ0n) is 78.3. The number of pyridine rings is 1. The molecule has 14 aromatic rings. The van der Waals surface area contributed by atoms with Crippen molar-refractivity contribution in [1.82, 2.24) is 14.1 Å². The average molecular weight is 1510 g/mol. The summed E-state index contributed by atoms with van der Waals surface area (Å²) in [7, 11) is -6.38. The molecule has 3 aromatic heterocycles. The topological polar surface area (TPSA) is 35.9 Å². The van der Waals surface area contributed by atoms with E-state index in [1.165, 1.54) is 6.07 Å². The van der Waals surface area contributed by atoms with Crippen molar-refractivity contribution in [3.05, 3.63) is 307 Å². The summed E-state index contributed by atoms with van der Waals surface area (Å²) in [6.45, 7) is 31.3. The Labute approximate surface area is 630 Å².